The van der Waals surface area contributed by atoms with Gasteiger partial charge in [-0.15, -0.1) is 0 Å². The zero-order chi connectivity index (χ0) is 14.8. The van der Waals surface area contributed by atoms with Gasteiger partial charge in [0.2, 0.25) is 10.0 Å². The van der Waals surface area contributed by atoms with Crippen molar-refractivity contribution in [2.75, 3.05) is 6.54 Å². The second-order valence-electron chi connectivity index (χ2n) is 4.95. The first-order chi connectivity index (χ1) is 9.40. The molecule has 1 saturated carbocycles. The molecule has 0 aromatic heterocycles. The molecule has 0 saturated heterocycles. The van der Waals surface area contributed by atoms with Crippen LogP contribution in [-0.2, 0) is 10.0 Å². The number of carboxylic acids is 1. The van der Waals surface area contributed by atoms with E-state index in [1.165, 1.54) is 0 Å². The third-order valence-electron chi connectivity index (χ3n) is 3.50. The molecule has 0 amide bonds. The molecule has 0 radical (unpaired) electrons. The van der Waals surface area contributed by atoms with Crippen molar-refractivity contribution < 1.29 is 22.7 Å². The summed E-state index contributed by atoms with van der Waals surface area (Å²) < 4.78 is 40.1. The van der Waals surface area contributed by atoms with Crippen molar-refractivity contribution in [2.24, 2.45) is 5.92 Å². The molecular weight excluding hydrogens is 285 g/mol. The Bertz CT molecular complexity index is 609. The molecule has 0 aliphatic heterocycles. The number of sulfonamides is 1. The Labute approximate surface area is 116 Å². The Morgan fingerprint density at radius 3 is 2.60 bits per heavy atom. The second-order valence-corrected chi connectivity index (χ2v) is 6.69. The summed E-state index contributed by atoms with van der Waals surface area (Å²) in [6, 6.07) is 2.73. The molecule has 7 heteroatoms. The summed E-state index contributed by atoms with van der Waals surface area (Å²) >= 11 is 0. The fourth-order valence-corrected chi connectivity index (χ4v) is 3.58. The monoisotopic (exact) mass is 301 g/mol. The summed E-state index contributed by atoms with van der Waals surface area (Å²) in [6.07, 6.45) is 4.07. The molecule has 0 spiro atoms. The Morgan fingerprint density at radius 1 is 1.35 bits per heavy atom. The zero-order valence-corrected chi connectivity index (χ0v) is 11.6. The number of halogens is 1. The van der Waals surface area contributed by atoms with Crippen LogP contribution in [0, 0.1) is 11.7 Å². The van der Waals surface area contributed by atoms with Crippen LogP contribution >= 0.6 is 0 Å². The highest BCUT2D eigenvalue weighted by Gasteiger charge is 2.23. The number of aromatic carboxylic acids is 1. The maximum Gasteiger partial charge on any atom is 0.335 e. The highest BCUT2D eigenvalue weighted by molar-refractivity contribution is 7.89. The van der Waals surface area contributed by atoms with Crippen molar-refractivity contribution in [1.82, 2.24) is 4.72 Å². The molecule has 0 unspecified atom stereocenters. The van der Waals surface area contributed by atoms with Crippen LogP contribution in [0.3, 0.4) is 0 Å². The lowest BCUT2D eigenvalue weighted by molar-refractivity contribution is 0.0696. The number of rotatable bonds is 5. The normalized spacial score (nSPS) is 16.4. The van der Waals surface area contributed by atoms with Gasteiger partial charge in [0.25, 0.3) is 0 Å². The van der Waals surface area contributed by atoms with Crippen molar-refractivity contribution in [1.29, 1.82) is 0 Å². The van der Waals surface area contributed by atoms with E-state index in [1.807, 2.05) is 0 Å². The first-order valence-corrected chi connectivity index (χ1v) is 7.91. The first-order valence-electron chi connectivity index (χ1n) is 6.42. The molecule has 110 valence electrons. The molecule has 2 N–H and O–H groups in total. The summed E-state index contributed by atoms with van der Waals surface area (Å²) in [5, 5.41) is 8.83. The topological polar surface area (TPSA) is 83.5 Å². The Kier molecular flexibility index (Phi) is 4.39. The largest absolute Gasteiger partial charge is 0.478 e. The summed E-state index contributed by atoms with van der Waals surface area (Å²) in [7, 11) is -4.02. The van der Waals surface area contributed by atoms with E-state index in [0.29, 0.717) is 0 Å². The second kappa shape index (κ2) is 5.88. The van der Waals surface area contributed by atoms with E-state index in [9.17, 15) is 17.6 Å². The maximum atomic E-state index is 13.6. The lowest BCUT2D eigenvalue weighted by atomic mass is 10.1. The van der Waals surface area contributed by atoms with E-state index in [-0.39, 0.29) is 18.0 Å². The number of carboxylic acid groups (broad SMARTS) is 1. The molecule has 1 aromatic rings. The van der Waals surface area contributed by atoms with E-state index >= 15 is 0 Å². The molecule has 2 rings (SSSR count). The quantitative estimate of drug-likeness (QED) is 0.871. The average molecular weight is 301 g/mol. The average Bonchev–Trinajstić information content (AvgIpc) is 2.89. The van der Waals surface area contributed by atoms with Gasteiger partial charge in [-0.2, -0.15) is 0 Å². The van der Waals surface area contributed by atoms with Crippen molar-refractivity contribution in [3.63, 3.8) is 0 Å². The molecule has 0 bridgehead atoms. The van der Waals surface area contributed by atoms with Crippen molar-refractivity contribution in [3.8, 4) is 0 Å². The summed E-state index contributed by atoms with van der Waals surface area (Å²) in [5.74, 6) is -1.97. The van der Waals surface area contributed by atoms with Gasteiger partial charge < -0.3 is 5.11 Å². The van der Waals surface area contributed by atoms with Crippen molar-refractivity contribution in [3.05, 3.63) is 29.6 Å². The van der Waals surface area contributed by atoms with E-state index in [1.54, 1.807) is 0 Å². The van der Waals surface area contributed by atoms with Gasteiger partial charge >= 0.3 is 5.97 Å². The third kappa shape index (κ3) is 3.34. The van der Waals surface area contributed by atoms with Crippen LogP contribution in [0.5, 0.6) is 0 Å². The highest BCUT2D eigenvalue weighted by Crippen LogP contribution is 2.24. The van der Waals surface area contributed by atoms with Crippen molar-refractivity contribution >= 4 is 16.0 Å². The van der Waals surface area contributed by atoms with E-state index in [2.05, 4.69) is 4.72 Å². The lowest BCUT2D eigenvalue weighted by Crippen LogP contribution is -2.29. The number of nitrogens with one attached hydrogen (secondary N) is 1. The summed E-state index contributed by atoms with van der Waals surface area (Å²) in [6.45, 7) is 0.263. The number of hydrogen-bond donors (Lipinski definition) is 2. The molecule has 1 aliphatic carbocycles. The Morgan fingerprint density at radius 2 is 2.00 bits per heavy atom. The van der Waals surface area contributed by atoms with Gasteiger partial charge in [0.05, 0.1) is 5.56 Å². The van der Waals surface area contributed by atoms with Crippen LogP contribution in [0.4, 0.5) is 4.39 Å². The predicted octanol–water partition coefficient (Wildman–Crippen LogP) is 1.99. The third-order valence-corrected chi connectivity index (χ3v) is 4.94. The number of benzene rings is 1. The molecule has 1 aliphatic rings. The van der Waals surface area contributed by atoms with Gasteiger partial charge in [-0.05, 0) is 37.0 Å². The Balaban J connectivity index is 2.19. The van der Waals surface area contributed by atoms with Crippen LogP contribution < -0.4 is 4.72 Å². The van der Waals surface area contributed by atoms with Gasteiger partial charge in [-0.25, -0.2) is 22.3 Å². The summed E-state index contributed by atoms with van der Waals surface area (Å²) in [4.78, 5) is 10.2. The predicted molar refractivity (Wildman–Crippen MR) is 70.5 cm³/mol. The van der Waals surface area contributed by atoms with E-state index in [0.717, 1.165) is 43.9 Å². The fourth-order valence-electron chi connectivity index (χ4n) is 2.36. The van der Waals surface area contributed by atoms with E-state index < -0.39 is 26.7 Å². The van der Waals surface area contributed by atoms with Gasteiger partial charge in [-0.1, -0.05) is 12.8 Å². The summed E-state index contributed by atoms with van der Waals surface area (Å²) in [5.41, 5.74) is -0.257. The van der Waals surface area contributed by atoms with Gasteiger partial charge in [0.1, 0.15) is 10.7 Å². The minimum atomic E-state index is -4.02. The highest BCUT2D eigenvalue weighted by atomic mass is 32.2. The molecule has 20 heavy (non-hydrogen) atoms. The van der Waals surface area contributed by atoms with Crippen LogP contribution in [0.2, 0.25) is 0 Å². The van der Waals surface area contributed by atoms with Crippen LogP contribution in [0.25, 0.3) is 0 Å². The molecule has 1 fully saturated rings. The lowest BCUT2D eigenvalue weighted by Gasteiger charge is -2.12. The fraction of sp³-hybridized carbons (Fsp3) is 0.462. The first kappa shape index (κ1) is 14.9. The number of hydrogen-bond acceptors (Lipinski definition) is 3. The smallest absolute Gasteiger partial charge is 0.335 e. The molecule has 5 nitrogen and oxygen atoms in total. The zero-order valence-electron chi connectivity index (χ0n) is 10.8. The van der Waals surface area contributed by atoms with Crippen molar-refractivity contribution in [2.45, 2.75) is 30.6 Å². The minimum Gasteiger partial charge on any atom is -0.478 e. The standard InChI is InChI=1S/C13H16FNO4S/c14-11-6-5-10(13(16)17)7-12(11)20(18,19)15-8-9-3-1-2-4-9/h5-7,9,15H,1-4,8H2,(H,16,17). The van der Waals surface area contributed by atoms with Crippen LogP contribution in [0.15, 0.2) is 23.1 Å². The Hall–Kier alpha value is -1.47. The van der Waals surface area contributed by atoms with Gasteiger partial charge in [-0.3, -0.25) is 0 Å². The SMILES string of the molecule is O=C(O)c1ccc(F)c(S(=O)(=O)NCC2CCCC2)c1. The molecule has 0 heterocycles. The minimum absolute atomic E-state index is 0.257. The molecule has 1 aromatic carbocycles. The maximum absolute atomic E-state index is 13.6. The van der Waals surface area contributed by atoms with Gasteiger partial charge in [0, 0.05) is 6.54 Å². The number of carbonyl (C=O) groups is 1. The van der Waals surface area contributed by atoms with Gasteiger partial charge in [0.15, 0.2) is 0 Å². The van der Waals surface area contributed by atoms with E-state index in [4.69, 9.17) is 5.11 Å². The molecule has 0 atom stereocenters. The van der Waals surface area contributed by atoms with Crippen LogP contribution in [-0.4, -0.2) is 26.0 Å². The molecular formula is C13H16FNO4S. The van der Waals surface area contributed by atoms with Crippen LogP contribution in [0.1, 0.15) is 36.0 Å².